The van der Waals surface area contributed by atoms with E-state index in [0.717, 1.165) is 25.9 Å². The van der Waals surface area contributed by atoms with Crippen LogP contribution in [0.15, 0.2) is 60.7 Å². The summed E-state index contributed by atoms with van der Waals surface area (Å²) in [5.74, 6) is 0.390. The van der Waals surface area contributed by atoms with Crippen molar-refractivity contribution in [1.82, 2.24) is 10.2 Å². The van der Waals surface area contributed by atoms with Crippen LogP contribution in [0.5, 0.6) is 0 Å². The first-order valence-corrected chi connectivity index (χ1v) is 8.83. The van der Waals surface area contributed by atoms with Crippen molar-refractivity contribution in [1.29, 1.82) is 0 Å². The number of carbonyl (C=O) groups excluding carboxylic acids is 1. The third kappa shape index (κ3) is 4.83. The largest absolute Gasteiger partial charge is 0.338 e. The number of halogens is 1. The third-order valence-corrected chi connectivity index (χ3v) is 4.92. The molecular formula is C21H27ClN2O. The predicted molar refractivity (Wildman–Crippen MR) is 105 cm³/mol. The van der Waals surface area contributed by atoms with Crippen molar-refractivity contribution < 1.29 is 4.79 Å². The highest BCUT2D eigenvalue weighted by molar-refractivity contribution is 5.85. The lowest BCUT2D eigenvalue weighted by molar-refractivity contribution is -0.132. The molecular weight excluding hydrogens is 332 g/mol. The number of hydrogen-bond donors (Lipinski definition) is 1. The molecule has 2 aromatic carbocycles. The van der Waals surface area contributed by atoms with Crippen LogP contribution in [-0.2, 0) is 4.79 Å². The highest BCUT2D eigenvalue weighted by Crippen LogP contribution is 2.30. The number of rotatable bonds is 6. The minimum Gasteiger partial charge on any atom is -0.338 e. The Balaban J connectivity index is 0.00000225. The van der Waals surface area contributed by atoms with E-state index in [2.05, 4.69) is 58.7 Å². The topological polar surface area (TPSA) is 32.3 Å². The average molecular weight is 359 g/mol. The first-order chi connectivity index (χ1) is 11.8. The minimum absolute atomic E-state index is 0. The first-order valence-electron chi connectivity index (χ1n) is 8.83. The van der Waals surface area contributed by atoms with Gasteiger partial charge in [-0.2, -0.15) is 0 Å². The van der Waals surface area contributed by atoms with Gasteiger partial charge in [-0.1, -0.05) is 60.7 Å². The number of amides is 1. The highest BCUT2D eigenvalue weighted by atomic mass is 35.5. The monoisotopic (exact) mass is 358 g/mol. The predicted octanol–water partition coefficient (Wildman–Crippen LogP) is 3.84. The molecule has 1 aliphatic rings. The Morgan fingerprint density at radius 3 is 2.16 bits per heavy atom. The Morgan fingerprint density at radius 1 is 1.08 bits per heavy atom. The number of benzene rings is 2. The number of nitrogens with zero attached hydrogens (tertiary/aromatic N) is 1. The molecule has 0 aliphatic carbocycles. The van der Waals surface area contributed by atoms with Gasteiger partial charge in [0, 0.05) is 31.5 Å². The van der Waals surface area contributed by atoms with Gasteiger partial charge in [0.1, 0.15) is 0 Å². The fraction of sp³-hybridized carbons (Fsp3) is 0.381. The molecule has 1 atom stereocenters. The Bertz CT molecular complexity index is 608. The van der Waals surface area contributed by atoms with Crippen molar-refractivity contribution in [2.45, 2.75) is 31.2 Å². The molecule has 1 aliphatic heterocycles. The van der Waals surface area contributed by atoms with E-state index in [0.29, 0.717) is 12.5 Å². The Hall–Kier alpha value is -1.84. The fourth-order valence-corrected chi connectivity index (χ4v) is 3.70. The second-order valence-electron chi connectivity index (χ2n) is 6.52. The van der Waals surface area contributed by atoms with Gasteiger partial charge < -0.3 is 10.2 Å². The van der Waals surface area contributed by atoms with E-state index in [9.17, 15) is 4.79 Å². The molecule has 0 saturated carbocycles. The molecule has 3 nitrogen and oxygen atoms in total. The zero-order valence-corrected chi connectivity index (χ0v) is 15.5. The van der Waals surface area contributed by atoms with Gasteiger partial charge in [-0.25, -0.2) is 0 Å². The van der Waals surface area contributed by atoms with Crippen LogP contribution in [0, 0.1) is 0 Å². The SMILES string of the molecule is CNCC1CCCN1C(=O)CC(c1ccccc1)c1ccccc1.Cl. The van der Waals surface area contributed by atoms with Crippen LogP contribution >= 0.6 is 12.4 Å². The van der Waals surface area contributed by atoms with Crippen molar-refractivity contribution in [2.24, 2.45) is 0 Å². The van der Waals surface area contributed by atoms with Crippen molar-refractivity contribution in [2.75, 3.05) is 20.1 Å². The van der Waals surface area contributed by atoms with Gasteiger partial charge >= 0.3 is 0 Å². The molecule has 1 heterocycles. The molecule has 134 valence electrons. The summed E-state index contributed by atoms with van der Waals surface area (Å²) in [6, 6.07) is 21.1. The standard InChI is InChI=1S/C21H26N2O.ClH/c1-22-16-19-13-8-14-23(19)21(24)15-20(17-9-4-2-5-10-17)18-11-6-3-7-12-18;/h2-7,9-12,19-20,22H,8,13-16H2,1H3;1H. The lowest BCUT2D eigenvalue weighted by atomic mass is 9.88. The molecule has 0 spiro atoms. The van der Waals surface area contributed by atoms with Crippen molar-refractivity contribution in [3.63, 3.8) is 0 Å². The molecule has 0 bridgehead atoms. The minimum atomic E-state index is 0. The van der Waals surface area contributed by atoms with Gasteiger partial charge in [0.25, 0.3) is 0 Å². The molecule has 0 aromatic heterocycles. The summed E-state index contributed by atoms with van der Waals surface area (Å²) in [5, 5.41) is 3.22. The van der Waals surface area contributed by atoms with E-state index in [1.54, 1.807) is 0 Å². The summed E-state index contributed by atoms with van der Waals surface area (Å²) >= 11 is 0. The maximum atomic E-state index is 13.0. The van der Waals surface area contributed by atoms with E-state index in [1.807, 2.05) is 19.2 Å². The van der Waals surface area contributed by atoms with E-state index >= 15 is 0 Å². The number of hydrogen-bond acceptors (Lipinski definition) is 2. The van der Waals surface area contributed by atoms with Gasteiger partial charge in [-0.15, -0.1) is 12.4 Å². The zero-order valence-electron chi connectivity index (χ0n) is 14.7. The van der Waals surface area contributed by atoms with Crippen molar-refractivity contribution in [3.8, 4) is 0 Å². The zero-order chi connectivity index (χ0) is 16.8. The van der Waals surface area contributed by atoms with Gasteiger partial charge in [0.05, 0.1) is 0 Å². The molecule has 3 rings (SSSR count). The lowest BCUT2D eigenvalue weighted by Crippen LogP contribution is -2.41. The summed E-state index contributed by atoms with van der Waals surface area (Å²) < 4.78 is 0. The third-order valence-electron chi connectivity index (χ3n) is 4.92. The molecule has 1 amide bonds. The molecule has 0 radical (unpaired) electrons. The molecule has 25 heavy (non-hydrogen) atoms. The summed E-state index contributed by atoms with van der Waals surface area (Å²) in [4.78, 5) is 15.1. The maximum Gasteiger partial charge on any atom is 0.223 e. The molecule has 1 fully saturated rings. The highest BCUT2D eigenvalue weighted by Gasteiger charge is 2.30. The normalized spacial score (nSPS) is 16.7. The number of likely N-dealkylation sites (tertiary alicyclic amines) is 1. The molecule has 1 saturated heterocycles. The van der Waals surface area contributed by atoms with Gasteiger partial charge in [0.15, 0.2) is 0 Å². The van der Waals surface area contributed by atoms with Crippen LogP contribution in [0.2, 0.25) is 0 Å². The summed E-state index contributed by atoms with van der Waals surface area (Å²) in [5.41, 5.74) is 2.42. The van der Waals surface area contributed by atoms with Gasteiger partial charge in [-0.3, -0.25) is 4.79 Å². The van der Waals surface area contributed by atoms with Gasteiger partial charge in [-0.05, 0) is 31.0 Å². The molecule has 1 N–H and O–H groups in total. The van der Waals surface area contributed by atoms with Gasteiger partial charge in [0.2, 0.25) is 5.91 Å². The van der Waals surface area contributed by atoms with Crippen molar-refractivity contribution >= 4 is 18.3 Å². The summed E-state index contributed by atoms with van der Waals surface area (Å²) in [7, 11) is 1.96. The Labute approximate surface area is 156 Å². The summed E-state index contributed by atoms with van der Waals surface area (Å²) in [6.45, 7) is 1.77. The first kappa shape index (κ1) is 19.5. The fourth-order valence-electron chi connectivity index (χ4n) is 3.70. The van der Waals surface area contributed by atoms with Crippen molar-refractivity contribution in [3.05, 3.63) is 71.8 Å². The number of likely N-dealkylation sites (N-methyl/N-ethyl adjacent to an activating group) is 1. The Kier molecular flexibility index (Phi) is 7.48. The van der Waals surface area contributed by atoms with E-state index in [1.165, 1.54) is 11.1 Å². The lowest BCUT2D eigenvalue weighted by Gasteiger charge is -2.27. The average Bonchev–Trinajstić information content (AvgIpc) is 3.10. The Morgan fingerprint density at radius 2 is 1.64 bits per heavy atom. The number of carbonyl (C=O) groups is 1. The van der Waals surface area contributed by atoms with Crippen LogP contribution in [-0.4, -0.2) is 37.0 Å². The van der Waals surface area contributed by atoms with Crippen LogP contribution in [0.1, 0.15) is 36.3 Å². The van der Waals surface area contributed by atoms with E-state index in [-0.39, 0.29) is 24.2 Å². The second-order valence-corrected chi connectivity index (χ2v) is 6.52. The number of nitrogens with one attached hydrogen (secondary N) is 1. The van der Waals surface area contributed by atoms with E-state index < -0.39 is 0 Å². The summed E-state index contributed by atoms with van der Waals surface area (Å²) in [6.07, 6.45) is 2.75. The second kappa shape index (κ2) is 9.59. The smallest absolute Gasteiger partial charge is 0.223 e. The maximum absolute atomic E-state index is 13.0. The van der Waals surface area contributed by atoms with E-state index in [4.69, 9.17) is 0 Å². The van der Waals surface area contributed by atoms with Crippen LogP contribution in [0.3, 0.4) is 0 Å². The van der Waals surface area contributed by atoms with Crippen LogP contribution < -0.4 is 5.32 Å². The van der Waals surface area contributed by atoms with Crippen LogP contribution in [0.25, 0.3) is 0 Å². The quantitative estimate of drug-likeness (QED) is 0.850. The molecule has 4 heteroatoms. The molecule has 2 aromatic rings. The van der Waals surface area contributed by atoms with Crippen LogP contribution in [0.4, 0.5) is 0 Å². The molecule has 1 unspecified atom stereocenters.